The summed E-state index contributed by atoms with van der Waals surface area (Å²) in [5, 5.41) is 11.6. The van der Waals surface area contributed by atoms with Crippen molar-refractivity contribution in [2.24, 2.45) is 5.10 Å². The van der Waals surface area contributed by atoms with Crippen LogP contribution in [0.1, 0.15) is 29.2 Å². The first-order valence-corrected chi connectivity index (χ1v) is 13.1. The van der Waals surface area contributed by atoms with Crippen LogP contribution >= 0.6 is 0 Å². The number of amidine groups is 1. The summed E-state index contributed by atoms with van der Waals surface area (Å²) in [7, 11) is 0. The summed E-state index contributed by atoms with van der Waals surface area (Å²) in [4.78, 5) is 2.45. The maximum atomic E-state index is 5.44. The van der Waals surface area contributed by atoms with E-state index in [-0.39, 0.29) is 6.04 Å². The first kappa shape index (κ1) is 22.4. The third-order valence-corrected chi connectivity index (χ3v) is 7.56. The molecule has 0 unspecified atom stereocenters. The average Bonchev–Trinajstić information content (AvgIpc) is 3.26. The average molecular weight is 493 g/mol. The number of para-hydroxylation sites is 3. The molecule has 0 radical (unpaired) electrons. The van der Waals surface area contributed by atoms with Crippen LogP contribution in [0.4, 0.5) is 17.1 Å². The largest absolute Gasteiger partial charge is 0.376 e. The number of hydrogen-bond acceptors (Lipinski definition) is 4. The highest BCUT2D eigenvalue weighted by atomic mass is 15.7. The molecule has 2 atom stereocenters. The number of anilines is 3. The molecule has 0 saturated heterocycles. The van der Waals surface area contributed by atoms with Crippen molar-refractivity contribution < 1.29 is 0 Å². The second-order valence-electron chi connectivity index (χ2n) is 9.78. The minimum absolute atomic E-state index is 0.0547. The maximum absolute atomic E-state index is 5.44. The Bertz CT molecular complexity index is 1570. The number of fused-ring (bicyclic) bond motifs is 3. The third-order valence-electron chi connectivity index (χ3n) is 7.56. The number of hydrogen-bond donors (Lipinski definition) is 1. The Hall–Kier alpha value is -4.83. The molecule has 38 heavy (non-hydrogen) atoms. The molecule has 0 bridgehead atoms. The number of nitrogens with zero attached hydrogens (tertiary/aromatic N) is 3. The van der Waals surface area contributed by atoms with Gasteiger partial charge < -0.3 is 5.32 Å². The third kappa shape index (κ3) is 3.57. The molecule has 2 aliphatic heterocycles. The summed E-state index contributed by atoms with van der Waals surface area (Å²) < 4.78 is 0. The van der Waals surface area contributed by atoms with Crippen LogP contribution in [-0.2, 0) is 5.66 Å². The van der Waals surface area contributed by atoms with Crippen molar-refractivity contribution in [1.29, 1.82) is 0 Å². The fourth-order valence-corrected chi connectivity index (χ4v) is 5.87. The summed E-state index contributed by atoms with van der Waals surface area (Å²) in [5.41, 5.74) is 6.17. The fourth-order valence-electron chi connectivity index (χ4n) is 5.87. The molecule has 5 aromatic carbocycles. The van der Waals surface area contributed by atoms with Crippen LogP contribution in [0.25, 0.3) is 0 Å². The lowest BCUT2D eigenvalue weighted by Crippen LogP contribution is -2.54. The van der Waals surface area contributed by atoms with Gasteiger partial charge in [-0.25, -0.2) is 5.01 Å². The van der Waals surface area contributed by atoms with E-state index >= 15 is 0 Å². The van der Waals surface area contributed by atoms with Gasteiger partial charge in [-0.05, 0) is 29.8 Å². The van der Waals surface area contributed by atoms with E-state index in [1.807, 2.05) is 0 Å². The van der Waals surface area contributed by atoms with Gasteiger partial charge in [0.2, 0.25) is 0 Å². The van der Waals surface area contributed by atoms with Gasteiger partial charge in [-0.15, -0.1) is 0 Å². The van der Waals surface area contributed by atoms with Gasteiger partial charge in [0.15, 0.2) is 11.5 Å². The molecule has 1 N–H and O–H groups in total. The van der Waals surface area contributed by atoms with Gasteiger partial charge in [0.25, 0.3) is 0 Å². The van der Waals surface area contributed by atoms with Crippen molar-refractivity contribution >= 4 is 22.9 Å². The van der Waals surface area contributed by atoms with Crippen LogP contribution in [0.15, 0.2) is 151 Å². The molecule has 4 nitrogen and oxygen atoms in total. The van der Waals surface area contributed by atoms with Crippen LogP contribution in [0.3, 0.4) is 0 Å². The van der Waals surface area contributed by atoms with Crippen LogP contribution < -0.4 is 15.2 Å². The molecule has 0 fully saturated rings. The molecule has 7 rings (SSSR count). The zero-order chi connectivity index (χ0) is 25.4. The molecular formula is C34H28N4. The Kier molecular flexibility index (Phi) is 5.44. The SMILES string of the molecule is c1ccc(C2=NN(c3ccccc3)[C@@]3(c4ccccc4)C[C@@H](c4ccccc4)Nc4ccccc4N23)cc1. The minimum atomic E-state index is -0.617. The van der Waals surface area contributed by atoms with E-state index in [1.165, 1.54) is 11.1 Å². The van der Waals surface area contributed by atoms with Crippen LogP contribution in [-0.4, -0.2) is 5.84 Å². The van der Waals surface area contributed by atoms with E-state index in [0.717, 1.165) is 34.9 Å². The molecule has 0 amide bonds. The quantitative estimate of drug-likeness (QED) is 0.278. The van der Waals surface area contributed by atoms with Gasteiger partial charge in [0.1, 0.15) is 0 Å². The van der Waals surface area contributed by atoms with Crippen LogP contribution in [0.5, 0.6) is 0 Å². The number of hydrazone groups is 1. The summed E-state index contributed by atoms with van der Waals surface area (Å²) >= 11 is 0. The molecule has 2 heterocycles. The topological polar surface area (TPSA) is 30.9 Å². The normalized spacial score (nSPS) is 20.1. The van der Waals surface area contributed by atoms with Crippen molar-refractivity contribution in [3.8, 4) is 0 Å². The summed E-state index contributed by atoms with van der Waals surface area (Å²) in [5.74, 6) is 0.932. The molecule has 4 heteroatoms. The molecule has 5 aromatic rings. The van der Waals surface area contributed by atoms with Crippen molar-refractivity contribution in [3.63, 3.8) is 0 Å². The highest BCUT2D eigenvalue weighted by Gasteiger charge is 2.55. The molecule has 2 aliphatic rings. The van der Waals surface area contributed by atoms with Crippen molar-refractivity contribution in [3.05, 3.63) is 162 Å². The predicted octanol–water partition coefficient (Wildman–Crippen LogP) is 7.78. The van der Waals surface area contributed by atoms with Gasteiger partial charge in [0, 0.05) is 17.5 Å². The van der Waals surface area contributed by atoms with E-state index in [0.29, 0.717) is 0 Å². The summed E-state index contributed by atoms with van der Waals surface area (Å²) in [6.45, 7) is 0. The molecule has 0 aromatic heterocycles. The Balaban J connectivity index is 1.56. The highest BCUT2D eigenvalue weighted by Crippen LogP contribution is 2.53. The van der Waals surface area contributed by atoms with Gasteiger partial charge in [0.05, 0.1) is 23.1 Å². The monoisotopic (exact) mass is 492 g/mol. The molecule has 0 aliphatic carbocycles. The number of rotatable bonds is 4. The van der Waals surface area contributed by atoms with Crippen molar-refractivity contribution in [2.75, 3.05) is 15.2 Å². The van der Waals surface area contributed by atoms with Gasteiger partial charge in [-0.3, -0.25) is 4.90 Å². The van der Waals surface area contributed by atoms with Crippen LogP contribution in [0.2, 0.25) is 0 Å². The lowest BCUT2D eigenvalue weighted by Gasteiger charge is -2.45. The van der Waals surface area contributed by atoms with E-state index in [9.17, 15) is 0 Å². The van der Waals surface area contributed by atoms with Crippen molar-refractivity contribution in [2.45, 2.75) is 18.1 Å². The smallest absolute Gasteiger partial charge is 0.168 e. The minimum Gasteiger partial charge on any atom is -0.376 e. The van der Waals surface area contributed by atoms with Crippen LogP contribution in [0, 0.1) is 0 Å². The van der Waals surface area contributed by atoms with Crippen molar-refractivity contribution in [1.82, 2.24) is 0 Å². The highest BCUT2D eigenvalue weighted by molar-refractivity contribution is 6.15. The fraction of sp³-hybridized carbons (Fsp3) is 0.0882. The zero-order valence-corrected chi connectivity index (χ0v) is 21.0. The van der Waals surface area contributed by atoms with Gasteiger partial charge >= 0.3 is 0 Å². The molecule has 0 saturated carbocycles. The van der Waals surface area contributed by atoms with Gasteiger partial charge in [-0.2, -0.15) is 5.10 Å². The lowest BCUT2D eigenvalue weighted by molar-refractivity contribution is 0.389. The second-order valence-corrected chi connectivity index (χ2v) is 9.78. The maximum Gasteiger partial charge on any atom is 0.168 e. The zero-order valence-electron chi connectivity index (χ0n) is 21.0. The standard InChI is InChI=1S/C34H28N4/c1-5-15-26(16-6-1)31-25-34(28-19-9-3-10-20-28)37(32-24-14-13-23-30(32)35-31)33(27-17-7-2-8-18-27)36-38(34)29-21-11-4-12-22-29/h1-24,31,35H,25H2/t31-,34+/m0/s1. The van der Waals surface area contributed by atoms with E-state index in [1.54, 1.807) is 0 Å². The Morgan fingerprint density at radius 3 is 1.92 bits per heavy atom. The van der Waals surface area contributed by atoms with Gasteiger partial charge in [-0.1, -0.05) is 121 Å². The Labute approximate surface area is 223 Å². The summed E-state index contributed by atoms with van der Waals surface area (Å²) in [6.07, 6.45) is 0.768. The Morgan fingerprint density at radius 1 is 0.632 bits per heavy atom. The summed E-state index contributed by atoms with van der Waals surface area (Å²) in [6, 6.07) is 51.3. The number of benzene rings is 5. The first-order chi connectivity index (χ1) is 18.8. The molecule has 0 spiro atoms. The van der Waals surface area contributed by atoms with E-state index < -0.39 is 5.66 Å². The van der Waals surface area contributed by atoms with E-state index in [4.69, 9.17) is 5.10 Å². The predicted molar refractivity (Wildman–Crippen MR) is 156 cm³/mol. The first-order valence-electron chi connectivity index (χ1n) is 13.1. The lowest BCUT2D eigenvalue weighted by atomic mass is 9.86. The molecule has 184 valence electrons. The molecular weight excluding hydrogens is 464 g/mol. The Morgan fingerprint density at radius 2 is 1.21 bits per heavy atom. The second kappa shape index (κ2) is 9.24. The number of nitrogens with one attached hydrogen (secondary N) is 1. The van der Waals surface area contributed by atoms with E-state index in [2.05, 4.69) is 161 Å².